The van der Waals surface area contributed by atoms with Crippen LogP contribution in [0.4, 0.5) is 0 Å². The first-order valence-corrected chi connectivity index (χ1v) is 5.97. The van der Waals surface area contributed by atoms with Gasteiger partial charge in [0.2, 0.25) is 0 Å². The SMILES string of the molecule is COC(=O)C(C)(C)Cn1cc(C=O)c2cccnc21. The van der Waals surface area contributed by atoms with Crippen LogP contribution in [0.5, 0.6) is 0 Å². The zero-order valence-electron chi connectivity index (χ0n) is 11.2. The summed E-state index contributed by atoms with van der Waals surface area (Å²) in [6.45, 7) is 4.00. The summed E-state index contributed by atoms with van der Waals surface area (Å²) in [6, 6.07) is 3.62. The molecule has 2 heterocycles. The summed E-state index contributed by atoms with van der Waals surface area (Å²) in [5, 5.41) is 0.790. The minimum Gasteiger partial charge on any atom is -0.469 e. The molecule has 5 nitrogen and oxygen atoms in total. The lowest BCUT2D eigenvalue weighted by Crippen LogP contribution is -2.30. The monoisotopic (exact) mass is 260 g/mol. The fourth-order valence-electron chi connectivity index (χ4n) is 2.13. The summed E-state index contributed by atoms with van der Waals surface area (Å²) in [4.78, 5) is 27.1. The normalized spacial score (nSPS) is 11.5. The maximum absolute atomic E-state index is 11.7. The van der Waals surface area contributed by atoms with Crippen LogP contribution in [0.2, 0.25) is 0 Å². The van der Waals surface area contributed by atoms with Crippen LogP contribution in [0.1, 0.15) is 24.2 Å². The molecule has 2 rings (SSSR count). The number of pyridine rings is 1. The Bertz CT molecular complexity index is 629. The van der Waals surface area contributed by atoms with Crippen molar-refractivity contribution in [2.75, 3.05) is 7.11 Å². The highest BCUT2D eigenvalue weighted by molar-refractivity contribution is 5.96. The van der Waals surface area contributed by atoms with E-state index in [1.165, 1.54) is 7.11 Å². The van der Waals surface area contributed by atoms with Crippen LogP contribution in [-0.4, -0.2) is 28.9 Å². The molecule has 0 bridgehead atoms. The van der Waals surface area contributed by atoms with E-state index < -0.39 is 5.41 Å². The van der Waals surface area contributed by atoms with Crippen LogP contribution in [0.25, 0.3) is 11.0 Å². The van der Waals surface area contributed by atoms with E-state index in [2.05, 4.69) is 4.98 Å². The van der Waals surface area contributed by atoms with E-state index in [1.54, 1.807) is 32.3 Å². The molecule has 0 aliphatic heterocycles. The van der Waals surface area contributed by atoms with Gasteiger partial charge in [0.1, 0.15) is 5.65 Å². The topological polar surface area (TPSA) is 61.2 Å². The molecule has 19 heavy (non-hydrogen) atoms. The van der Waals surface area contributed by atoms with Crippen LogP contribution < -0.4 is 0 Å². The van der Waals surface area contributed by atoms with Gasteiger partial charge in [0.25, 0.3) is 0 Å². The molecule has 100 valence electrons. The Balaban J connectivity index is 2.46. The molecule has 0 saturated heterocycles. The van der Waals surface area contributed by atoms with Crippen molar-refractivity contribution in [3.8, 4) is 0 Å². The Kier molecular flexibility index (Phi) is 3.38. The van der Waals surface area contributed by atoms with Crippen molar-refractivity contribution in [2.45, 2.75) is 20.4 Å². The molecule has 5 heteroatoms. The molecule has 2 aromatic rings. The number of carbonyl (C=O) groups excluding carboxylic acids is 2. The van der Waals surface area contributed by atoms with Crippen molar-refractivity contribution in [3.05, 3.63) is 30.1 Å². The predicted molar refractivity (Wildman–Crippen MR) is 70.9 cm³/mol. The number of fused-ring (bicyclic) bond motifs is 1. The molecule has 0 spiro atoms. The van der Waals surface area contributed by atoms with Gasteiger partial charge in [-0.1, -0.05) is 0 Å². The molecule has 0 unspecified atom stereocenters. The van der Waals surface area contributed by atoms with E-state index in [0.717, 1.165) is 11.7 Å². The van der Waals surface area contributed by atoms with E-state index in [1.807, 2.05) is 10.6 Å². The summed E-state index contributed by atoms with van der Waals surface area (Å²) < 4.78 is 6.61. The highest BCUT2D eigenvalue weighted by Crippen LogP contribution is 2.25. The number of rotatable bonds is 4. The van der Waals surface area contributed by atoms with Gasteiger partial charge in [-0.2, -0.15) is 0 Å². The Hall–Kier alpha value is -2.17. The van der Waals surface area contributed by atoms with E-state index >= 15 is 0 Å². The zero-order chi connectivity index (χ0) is 14.0. The Labute approximate surface area is 111 Å². The molecule has 0 aliphatic rings. The number of hydrogen-bond donors (Lipinski definition) is 0. The van der Waals surface area contributed by atoms with Gasteiger partial charge < -0.3 is 9.30 Å². The number of aldehydes is 1. The Morgan fingerprint density at radius 3 is 2.89 bits per heavy atom. The van der Waals surface area contributed by atoms with Crippen molar-refractivity contribution in [3.63, 3.8) is 0 Å². The number of esters is 1. The van der Waals surface area contributed by atoms with Gasteiger partial charge in [-0.05, 0) is 26.0 Å². The van der Waals surface area contributed by atoms with Crippen LogP contribution in [0.3, 0.4) is 0 Å². The van der Waals surface area contributed by atoms with E-state index in [9.17, 15) is 9.59 Å². The van der Waals surface area contributed by atoms with Gasteiger partial charge in [-0.25, -0.2) is 4.98 Å². The van der Waals surface area contributed by atoms with Crippen LogP contribution in [0, 0.1) is 5.41 Å². The lowest BCUT2D eigenvalue weighted by Gasteiger charge is -2.22. The fraction of sp³-hybridized carbons (Fsp3) is 0.357. The smallest absolute Gasteiger partial charge is 0.313 e. The molecule has 0 fully saturated rings. The average molecular weight is 260 g/mol. The van der Waals surface area contributed by atoms with Crippen LogP contribution in [-0.2, 0) is 16.1 Å². The maximum atomic E-state index is 11.7. The summed E-state index contributed by atoms with van der Waals surface area (Å²) in [6.07, 6.45) is 4.18. The number of methoxy groups -OCH3 is 1. The third-order valence-electron chi connectivity index (χ3n) is 3.10. The molecule has 0 atom stereocenters. The minimum atomic E-state index is -0.682. The molecule has 0 radical (unpaired) electrons. The standard InChI is InChI=1S/C14H16N2O3/c1-14(2,13(18)19-3)9-16-7-10(8-17)11-5-4-6-15-12(11)16/h4-8H,9H2,1-3H3. The lowest BCUT2D eigenvalue weighted by molar-refractivity contribution is -0.151. The van der Waals surface area contributed by atoms with Gasteiger partial charge in [0.05, 0.1) is 12.5 Å². The van der Waals surface area contributed by atoms with Crippen molar-refractivity contribution >= 4 is 23.3 Å². The lowest BCUT2D eigenvalue weighted by atomic mass is 9.94. The van der Waals surface area contributed by atoms with E-state index in [-0.39, 0.29) is 5.97 Å². The number of carbonyl (C=O) groups is 2. The number of ether oxygens (including phenoxy) is 1. The van der Waals surface area contributed by atoms with Gasteiger partial charge in [-0.15, -0.1) is 0 Å². The third kappa shape index (κ3) is 2.36. The summed E-state index contributed by atoms with van der Waals surface area (Å²) in [7, 11) is 1.37. The van der Waals surface area contributed by atoms with Crippen molar-refractivity contribution in [2.24, 2.45) is 5.41 Å². The van der Waals surface area contributed by atoms with Crippen molar-refractivity contribution in [1.29, 1.82) is 0 Å². The third-order valence-corrected chi connectivity index (χ3v) is 3.10. The van der Waals surface area contributed by atoms with Crippen molar-refractivity contribution < 1.29 is 14.3 Å². The summed E-state index contributed by atoms with van der Waals surface area (Å²) >= 11 is 0. The van der Waals surface area contributed by atoms with Crippen LogP contribution in [0.15, 0.2) is 24.5 Å². The highest BCUT2D eigenvalue weighted by Gasteiger charge is 2.30. The zero-order valence-corrected chi connectivity index (χ0v) is 11.2. The second-order valence-corrected chi connectivity index (χ2v) is 5.08. The fourth-order valence-corrected chi connectivity index (χ4v) is 2.13. The molecule has 0 aromatic carbocycles. The molecule has 2 aromatic heterocycles. The number of hydrogen-bond acceptors (Lipinski definition) is 4. The first-order valence-electron chi connectivity index (χ1n) is 5.97. The van der Waals surface area contributed by atoms with Gasteiger partial charge in [-0.3, -0.25) is 9.59 Å². The van der Waals surface area contributed by atoms with E-state index in [4.69, 9.17) is 4.74 Å². The summed E-state index contributed by atoms with van der Waals surface area (Å²) in [5.74, 6) is -0.294. The van der Waals surface area contributed by atoms with Gasteiger partial charge in [0, 0.05) is 29.9 Å². The quantitative estimate of drug-likeness (QED) is 0.623. The largest absolute Gasteiger partial charge is 0.469 e. The highest BCUT2D eigenvalue weighted by atomic mass is 16.5. The van der Waals surface area contributed by atoms with Crippen molar-refractivity contribution in [1.82, 2.24) is 9.55 Å². The minimum absolute atomic E-state index is 0.294. The molecular weight excluding hydrogens is 244 g/mol. The van der Waals surface area contributed by atoms with Crippen LogP contribution >= 0.6 is 0 Å². The van der Waals surface area contributed by atoms with Gasteiger partial charge >= 0.3 is 5.97 Å². The molecule has 0 aliphatic carbocycles. The number of nitrogens with zero attached hydrogens (tertiary/aromatic N) is 2. The first-order chi connectivity index (χ1) is 8.99. The maximum Gasteiger partial charge on any atom is 0.313 e. The second kappa shape index (κ2) is 4.84. The van der Waals surface area contributed by atoms with Gasteiger partial charge in [0.15, 0.2) is 6.29 Å². The second-order valence-electron chi connectivity index (χ2n) is 5.08. The summed E-state index contributed by atoms with van der Waals surface area (Å²) in [5.41, 5.74) is 0.587. The predicted octanol–water partition coefficient (Wildman–Crippen LogP) is 2.05. The molecule has 0 saturated carbocycles. The molecular formula is C14H16N2O3. The average Bonchev–Trinajstić information content (AvgIpc) is 2.75. The molecule has 0 amide bonds. The molecule has 0 N–H and O–H groups in total. The first kappa shape index (κ1) is 13.3. The number of aromatic nitrogens is 2. The van der Waals surface area contributed by atoms with E-state index in [0.29, 0.717) is 17.8 Å². The Morgan fingerprint density at radius 2 is 2.26 bits per heavy atom. The Morgan fingerprint density at radius 1 is 1.53 bits per heavy atom.